The van der Waals surface area contributed by atoms with Crippen molar-refractivity contribution in [1.82, 2.24) is 10.0 Å². The average molecular weight is 296 g/mol. The molecule has 1 aliphatic carbocycles. The Bertz CT molecular complexity index is 569. The topological polar surface area (TPSA) is 58.2 Å². The highest BCUT2D eigenvalue weighted by molar-refractivity contribution is 7.89. The van der Waals surface area contributed by atoms with Crippen LogP contribution >= 0.6 is 0 Å². The fraction of sp³-hybridized carbons (Fsp3) is 0.600. The van der Waals surface area contributed by atoms with E-state index in [4.69, 9.17) is 0 Å². The van der Waals surface area contributed by atoms with Crippen LogP contribution in [0.4, 0.5) is 0 Å². The maximum Gasteiger partial charge on any atom is 0.240 e. The van der Waals surface area contributed by atoms with E-state index in [1.165, 1.54) is 0 Å². The number of sulfonamides is 1. The molecule has 4 nitrogen and oxygen atoms in total. The van der Waals surface area contributed by atoms with Gasteiger partial charge in [-0.3, -0.25) is 0 Å². The molecule has 1 fully saturated rings. The number of benzene rings is 1. The predicted molar refractivity (Wildman–Crippen MR) is 81.1 cm³/mol. The number of rotatable bonds is 5. The molecule has 0 radical (unpaired) electrons. The van der Waals surface area contributed by atoms with E-state index in [-0.39, 0.29) is 6.04 Å². The molecule has 2 unspecified atom stereocenters. The van der Waals surface area contributed by atoms with Crippen LogP contribution in [0.5, 0.6) is 0 Å². The third-order valence-corrected chi connectivity index (χ3v) is 5.53. The molecular weight excluding hydrogens is 272 g/mol. The molecule has 20 heavy (non-hydrogen) atoms. The van der Waals surface area contributed by atoms with Crippen molar-refractivity contribution in [3.05, 3.63) is 29.3 Å². The summed E-state index contributed by atoms with van der Waals surface area (Å²) in [7, 11) is -1.54. The van der Waals surface area contributed by atoms with Crippen LogP contribution in [0.1, 0.15) is 37.3 Å². The van der Waals surface area contributed by atoms with Crippen molar-refractivity contribution in [1.29, 1.82) is 0 Å². The zero-order valence-electron chi connectivity index (χ0n) is 12.4. The summed E-state index contributed by atoms with van der Waals surface area (Å²) < 4.78 is 27.7. The second kappa shape index (κ2) is 6.24. The van der Waals surface area contributed by atoms with Gasteiger partial charge in [-0.15, -0.1) is 0 Å². The highest BCUT2D eigenvalue weighted by Gasteiger charge is 2.26. The Labute approximate surface area is 122 Å². The van der Waals surface area contributed by atoms with Gasteiger partial charge in [0.05, 0.1) is 4.90 Å². The van der Waals surface area contributed by atoms with Gasteiger partial charge in [0.2, 0.25) is 10.0 Å². The lowest BCUT2D eigenvalue weighted by molar-refractivity contribution is 0.538. The van der Waals surface area contributed by atoms with Crippen LogP contribution in [0.15, 0.2) is 23.1 Å². The molecule has 2 N–H and O–H groups in total. The third-order valence-electron chi connectivity index (χ3n) is 4.01. The largest absolute Gasteiger partial charge is 0.316 e. The molecule has 0 aromatic heterocycles. The Kier molecular flexibility index (Phi) is 4.83. The standard InChI is InChI=1S/C15H24N2O2S/c1-11-4-6-14(8-11)17-20(18,19)15-7-5-12(2)13(9-15)10-16-3/h5,7,9,11,14,16-17H,4,6,8,10H2,1-3H3. The van der Waals surface area contributed by atoms with E-state index in [2.05, 4.69) is 17.0 Å². The third kappa shape index (κ3) is 3.59. The summed E-state index contributed by atoms with van der Waals surface area (Å²) in [6.45, 7) is 4.84. The van der Waals surface area contributed by atoms with Gasteiger partial charge in [0.25, 0.3) is 0 Å². The van der Waals surface area contributed by atoms with E-state index in [1.54, 1.807) is 12.1 Å². The van der Waals surface area contributed by atoms with Gasteiger partial charge in [-0.25, -0.2) is 13.1 Å². The molecule has 2 atom stereocenters. The van der Waals surface area contributed by atoms with Crippen molar-refractivity contribution < 1.29 is 8.42 Å². The predicted octanol–water partition coefficient (Wildman–Crippen LogP) is 2.18. The van der Waals surface area contributed by atoms with Crippen LogP contribution in [-0.2, 0) is 16.6 Å². The van der Waals surface area contributed by atoms with E-state index in [0.29, 0.717) is 17.4 Å². The maximum absolute atomic E-state index is 12.4. The summed E-state index contributed by atoms with van der Waals surface area (Å²) in [5.41, 5.74) is 2.13. The van der Waals surface area contributed by atoms with Crippen molar-refractivity contribution in [2.45, 2.75) is 50.6 Å². The Hall–Kier alpha value is -0.910. The van der Waals surface area contributed by atoms with Gasteiger partial charge in [-0.2, -0.15) is 0 Å². The molecule has 0 saturated heterocycles. The number of aryl methyl sites for hydroxylation is 1. The van der Waals surface area contributed by atoms with Gasteiger partial charge in [-0.05, 0) is 62.4 Å². The number of hydrogen-bond acceptors (Lipinski definition) is 3. The van der Waals surface area contributed by atoms with E-state index in [0.717, 1.165) is 30.4 Å². The van der Waals surface area contributed by atoms with Crippen molar-refractivity contribution in [2.24, 2.45) is 5.92 Å². The zero-order chi connectivity index (χ0) is 14.8. The Morgan fingerprint density at radius 1 is 1.30 bits per heavy atom. The fourth-order valence-electron chi connectivity index (χ4n) is 2.80. The molecule has 112 valence electrons. The van der Waals surface area contributed by atoms with E-state index < -0.39 is 10.0 Å². The highest BCUT2D eigenvalue weighted by Crippen LogP contribution is 2.26. The molecule has 0 spiro atoms. The van der Waals surface area contributed by atoms with Crippen molar-refractivity contribution >= 4 is 10.0 Å². The summed E-state index contributed by atoms with van der Waals surface area (Å²) in [6, 6.07) is 5.42. The van der Waals surface area contributed by atoms with Crippen LogP contribution in [0.2, 0.25) is 0 Å². The lowest BCUT2D eigenvalue weighted by Crippen LogP contribution is -2.33. The van der Waals surface area contributed by atoms with Crippen molar-refractivity contribution in [2.75, 3.05) is 7.05 Å². The minimum atomic E-state index is -3.40. The van der Waals surface area contributed by atoms with Crippen molar-refractivity contribution in [3.63, 3.8) is 0 Å². The molecule has 1 aromatic carbocycles. The van der Waals surface area contributed by atoms with Gasteiger partial charge in [0.15, 0.2) is 0 Å². The molecule has 2 rings (SSSR count). The molecule has 0 aliphatic heterocycles. The molecule has 0 heterocycles. The quantitative estimate of drug-likeness (QED) is 0.875. The first-order valence-electron chi connectivity index (χ1n) is 7.19. The first kappa shape index (κ1) is 15.5. The van der Waals surface area contributed by atoms with Crippen LogP contribution in [0, 0.1) is 12.8 Å². The zero-order valence-corrected chi connectivity index (χ0v) is 13.3. The van der Waals surface area contributed by atoms with Gasteiger partial charge < -0.3 is 5.32 Å². The van der Waals surface area contributed by atoms with Crippen LogP contribution in [0.25, 0.3) is 0 Å². The fourth-order valence-corrected chi connectivity index (χ4v) is 4.13. The Morgan fingerprint density at radius 3 is 2.65 bits per heavy atom. The molecular formula is C15H24N2O2S. The Morgan fingerprint density at radius 2 is 2.05 bits per heavy atom. The second-order valence-electron chi connectivity index (χ2n) is 5.86. The smallest absolute Gasteiger partial charge is 0.240 e. The minimum absolute atomic E-state index is 0.0871. The summed E-state index contributed by atoms with van der Waals surface area (Å²) in [5, 5.41) is 3.07. The summed E-state index contributed by atoms with van der Waals surface area (Å²) in [4.78, 5) is 0.368. The molecule has 1 aromatic rings. The minimum Gasteiger partial charge on any atom is -0.316 e. The van der Waals surface area contributed by atoms with Gasteiger partial charge in [0.1, 0.15) is 0 Å². The lowest BCUT2D eigenvalue weighted by Gasteiger charge is -2.14. The van der Waals surface area contributed by atoms with Crippen LogP contribution in [-0.4, -0.2) is 21.5 Å². The van der Waals surface area contributed by atoms with Crippen LogP contribution < -0.4 is 10.0 Å². The second-order valence-corrected chi connectivity index (χ2v) is 7.57. The van der Waals surface area contributed by atoms with Crippen LogP contribution in [0.3, 0.4) is 0 Å². The van der Waals surface area contributed by atoms with Crippen molar-refractivity contribution in [3.8, 4) is 0 Å². The molecule has 0 bridgehead atoms. The summed E-state index contributed by atoms with van der Waals surface area (Å²) in [5.74, 6) is 0.612. The van der Waals surface area contributed by atoms with E-state index in [1.807, 2.05) is 20.0 Å². The van der Waals surface area contributed by atoms with Gasteiger partial charge in [0, 0.05) is 12.6 Å². The average Bonchev–Trinajstić information content (AvgIpc) is 2.77. The maximum atomic E-state index is 12.4. The lowest BCUT2D eigenvalue weighted by atomic mass is 10.1. The first-order valence-corrected chi connectivity index (χ1v) is 8.67. The normalized spacial score (nSPS) is 23.1. The summed E-state index contributed by atoms with van der Waals surface area (Å²) in [6.07, 6.45) is 2.98. The molecule has 5 heteroatoms. The molecule has 0 amide bonds. The molecule has 1 aliphatic rings. The first-order chi connectivity index (χ1) is 9.42. The summed E-state index contributed by atoms with van der Waals surface area (Å²) >= 11 is 0. The van der Waals surface area contributed by atoms with Gasteiger partial charge in [-0.1, -0.05) is 13.0 Å². The Balaban J connectivity index is 2.18. The van der Waals surface area contributed by atoms with E-state index >= 15 is 0 Å². The van der Waals surface area contributed by atoms with Gasteiger partial charge >= 0.3 is 0 Å². The highest BCUT2D eigenvalue weighted by atomic mass is 32.2. The molecule has 1 saturated carbocycles. The monoisotopic (exact) mass is 296 g/mol. The van der Waals surface area contributed by atoms with E-state index in [9.17, 15) is 8.42 Å². The number of hydrogen-bond donors (Lipinski definition) is 2. The SMILES string of the molecule is CNCc1cc(S(=O)(=O)NC2CCC(C)C2)ccc1C. The number of nitrogens with one attached hydrogen (secondary N) is 2.